The summed E-state index contributed by atoms with van der Waals surface area (Å²) in [5, 5.41) is 2.54. The van der Waals surface area contributed by atoms with Crippen LogP contribution in [0, 0.1) is 5.92 Å². The van der Waals surface area contributed by atoms with Crippen molar-refractivity contribution in [2.24, 2.45) is 5.92 Å². The van der Waals surface area contributed by atoms with Crippen LogP contribution in [0.5, 0.6) is 0 Å². The molecule has 0 saturated heterocycles. The predicted molar refractivity (Wildman–Crippen MR) is 54.0 cm³/mol. The second-order valence-corrected chi connectivity index (χ2v) is 3.69. The molecule has 78 valence electrons. The molecule has 0 aliphatic rings. The van der Waals surface area contributed by atoms with Gasteiger partial charge in [0.05, 0.1) is 7.11 Å². The number of nitrogens with one attached hydrogen (secondary N) is 1. The van der Waals surface area contributed by atoms with Crippen molar-refractivity contribution in [1.29, 1.82) is 0 Å². The van der Waals surface area contributed by atoms with Gasteiger partial charge in [0.25, 0.3) is 0 Å². The molecule has 0 fully saturated rings. The maximum Gasteiger partial charge on any atom is 0.325 e. The zero-order valence-electron chi connectivity index (χ0n) is 8.47. The number of ether oxygens (including phenoxy) is 1. The van der Waals surface area contributed by atoms with Crippen molar-refractivity contribution in [2.75, 3.05) is 20.2 Å². The molecule has 4 heteroatoms. The van der Waals surface area contributed by atoms with E-state index in [0.29, 0.717) is 12.5 Å². The van der Waals surface area contributed by atoms with E-state index in [-0.39, 0.29) is 5.97 Å². The number of hydrogen-bond donors (Lipinski definition) is 1. The van der Waals surface area contributed by atoms with Crippen LogP contribution in [-0.2, 0) is 9.53 Å². The van der Waals surface area contributed by atoms with Crippen LogP contribution >= 0.6 is 11.6 Å². The van der Waals surface area contributed by atoms with E-state index in [1.54, 1.807) is 0 Å². The maximum atomic E-state index is 10.9. The lowest BCUT2D eigenvalue weighted by Crippen LogP contribution is -2.32. The lowest BCUT2D eigenvalue weighted by Gasteiger charge is -2.11. The van der Waals surface area contributed by atoms with Crippen LogP contribution in [0.3, 0.4) is 0 Å². The third-order valence-corrected chi connectivity index (χ3v) is 2.30. The summed E-state index contributed by atoms with van der Waals surface area (Å²) < 4.78 is 4.48. The first-order valence-electron chi connectivity index (χ1n) is 4.54. The number of esters is 1. The fraction of sp³-hybridized carbons (Fsp3) is 0.889. The number of methoxy groups -OCH3 is 1. The molecule has 0 aliphatic carbocycles. The molecule has 0 aliphatic heterocycles. The van der Waals surface area contributed by atoms with Crippen molar-refractivity contribution in [3.63, 3.8) is 0 Å². The van der Waals surface area contributed by atoms with Crippen LogP contribution in [0.1, 0.15) is 20.3 Å². The van der Waals surface area contributed by atoms with Crippen LogP contribution < -0.4 is 5.32 Å². The molecule has 1 N–H and O–H groups in total. The molecular formula is C9H18ClNO2. The highest BCUT2D eigenvalue weighted by Gasteiger charge is 2.14. The van der Waals surface area contributed by atoms with Gasteiger partial charge < -0.3 is 10.1 Å². The molecule has 0 radical (unpaired) electrons. The average Bonchev–Trinajstić information content (AvgIpc) is 2.15. The molecule has 0 rings (SSSR count). The van der Waals surface area contributed by atoms with Crippen molar-refractivity contribution in [2.45, 2.75) is 25.6 Å². The minimum Gasteiger partial charge on any atom is -0.468 e. The van der Waals surface area contributed by atoms with Crippen LogP contribution in [0.4, 0.5) is 0 Å². The monoisotopic (exact) mass is 207 g/mol. The Kier molecular flexibility index (Phi) is 7.00. The van der Waals surface area contributed by atoms with E-state index in [4.69, 9.17) is 11.6 Å². The largest absolute Gasteiger partial charge is 0.468 e. The second kappa shape index (κ2) is 7.15. The highest BCUT2D eigenvalue weighted by atomic mass is 35.5. The Balaban J connectivity index is 3.47. The molecule has 2 unspecified atom stereocenters. The summed E-state index contributed by atoms with van der Waals surface area (Å²) in [4.78, 5) is 10.9. The number of carbonyl (C=O) groups excluding carboxylic acids is 1. The normalized spacial score (nSPS) is 15.1. The lowest BCUT2D eigenvalue weighted by molar-refractivity contribution is -0.140. The van der Waals surface area contributed by atoms with Crippen LogP contribution in [0.15, 0.2) is 0 Å². The number of hydrogen-bond acceptors (Lipinski definition) is 3. The topological polar surface area (TPSA) is 38.3 Å². The van der Waals surface area contributed by atoms with E-state index in [0.717, 1.165) is 13.0 Å². The summed E-state index contributed by atoms with van der Waals surface area (Å²) in [7, 11) is 1.34. The van der Waals surface area contributed by atoms with Crippen molar-refractivity contribution >= 4 is 17.6 Å². The Bertz CT molecular complexity index is 153. The molecule has 13 heavy (non-hydrogen) atoms. The van der Waals surface area contributed by atoms with Gasteiger partial charge in [-0.25, -0.2) is 0 Å². The van der Waals surface area contributed by atoms with E-state index in [2.05, 4.69) is 23.9 Å². The van der Waals surface area contributed by atoms with Crippen molar-refractivity contribution in [3.05, 3.63) is 0 Å². The summed E-state index contributed by atoms with van der Waals surface area (Å²) in [5.41, 5.74) is 0. The van der Waals surface area contributed by atoms with Gasteiger partial charge in [0, 0.05) is 6.54 Å². The summed E-state index contributed by atoms with van der Waals surface area (Å²) >= 11 is 5.72. The van der Waals surface area contributed by atoms with Gasteiger partial charge in [-0.05, 0) is 12.5 Å². The second-order valence-electron chi connectivity index (χ2n) is 3.16. The Hall–Kier alpha value is -0.280. The third kappa shape index (κ3) is 5.88. The summed E-state index contributed by atoms with van der Waals surface area (Å²) in [5.74, 6) is 0.236. The number of halogens is 1. The fourth-order valence-electron chi connectivity index (χ4n) is 0.812. The van der Waals surface area contributed by atoms with E-state index in [1.807, 2.05) is 0 Å². The summed E-state index contributed by atoms with van der Waals surface area (Å²) in [6.07, 6.45) is 1.12. The van der Waals surface area contributed by atoms with Crippen LogP contribution in [-0.4, -0.2) is 31.5 Å². The number of carbonyl (C=O) groups is 1. The predicted octanol–water partition coefficient (Wildman–Crippen LogP) is 1.40. The van der Waals surface area contributed by atoms with Crippen LogP contribution in [0.2, 0.25) is 0 Å². The molecule has 0 aromatic heterocycles. The molecule has 0 aromatic rings. The minimum absolute atomic E-state index is 0.377. The van der Waals surface area contributed by atoms with Gasteiger partial charge in [-0.1, -0.05) is 20.3 Å². The van der Waals surface area contributed by atoms with Gasteiger partial charge in [0.1, 0.15) is 5.38 Å². The molecule has 0 spiro atoms. The first-order valence-corrected chi connectivity index (χ1v) is 4.98. The van der Waals surface area contributed by atoms with E-state index >= 15 is 0 Å². The van der Waals surface area contributed by atoms with E-state index < -0.39 is 5.38 Å². The van der Waals surface area contributed by atoms with Crippen molar-refractivity contribution in [1.82, 2.24) is 5.32 Å². The summed E-state index contributed by atoms with van der Waals surface area (Å²) in [6, 6.07) is 0. The first kappa shape index (κ1) is 12.7. The average molecular weight is 208 g/mol. The molecule has 2 atom stereocenters. The van der Waals surface area contributed by atoms with Gasteiger partial charge in [-0.2, -0.15) is 0 Å². The Morgan fingerprint density at radius 2 is 2.15 bits per heavy atom. The zero-order chi connectivity index (χ0) is 10.3. The molecule has 0 saturated carbocycles. The van der Waals surface area contributed by atoms with Gasteiger partial charge in [0.15, 0.2) is 0 Å². The molecule has 0 amide bonds. The van der Waals surface area contributed by atoms with E-state index in [1.165, 1.54) is 7.11 Å². The Labute approximate surface area is 84.8 Å². The first-order chi connectivity index (χ1) is 6.11. The SMILES string of the molecule is CCC(C)CNCC(Cl)C(=O)OC. The standard InChI is InChI=1S/C9H18ClNO2/c1-4-7(2)5-11-6-8(10)9(12)13-3/h7-8,11H,4-6H2,1-3H3. The van der Waals surface area contributed by atoms with Gasteiger partial charge in [-0.15, -0.1) is 11.6 Å². The quantitative estimate of drug-likeness (QED) is 0.529. The zero-order valence-corrected chi connectivity index (χ0v) is 9.23. The lowest BCUT2D eigenvalue weighted by atomic mass is 10.1. The number of alkyl halides is 1. The summed E-state index contributed by atoms with van der Waals surface area (Å²) in [6.45, 7) is 5.63. The fourth-order valence-corrected chi connectivity index (χ4v) is 1.01. The Morgan fingerprint density at radius 3 is 2.62 bits per heavy atom. The van der Waals surface area contributed by atoms with Gasteiger partial charge >= 0.3 is 5.97 Å². The minimum atomic E-state index is -0.575. The maximum absolute atomic E-state index is 10.9. The molecule has 3 nitrogen and oxygen atoms in total. The highest BCUT2D eigenvalue weighted by molar-refractivity contribution is 6.30. The van der Waals surface area contributed by atoms with Crippen molar-refractivity contribution < 1.29 is 9.53 Å². The molecule has 0 aromatic carbocycles. The smallest absolute Gasteiger partial charge is 0.325 e. The molecule has 0 heterocycles. The third-order valence-electron chi connectivity index (χ3n) is 1.97. The molecule has 0 bridgehead atoms. The number of rotatable bonds is 6. The van der Waals surface area contributed by atoms with Gasteiger partial charge in [-0.3, -0.25) is 4.79 Å². The molecular weight excluding hydrogens is 190 g/mol. The van der Waals surface area contributed by atoms with E-state index in [9.17, 15) is 4.79 Å². The highest BCUT2D eigenvalue weighted by Crippen LogP contribution is 1.99. The Morgan fingerprint density at radius 1 is 1.54 bits per heavy atom. The van der Waals surface area contributed by atoms with Crippen molar-refractivity contribution in [3.8, 4) is 0 Å². The van der Waals surface area contributed by atoms with Crippen LogP contribution in [0.25, 0.3) is 0 Å². The van der Waals surface area contributed by atoms with Gasteiger partial charge in [0.2, 0.25) is 0 Å².